The van der Waals surface area contributed by atoms with Crippen molar-refractivity contribution in [3.63, 3.8) is 0 Å². The zero-order chi connectivity index (χ0) is 36.4. The second kappa shape index (κ2) is 14.5. The predicted octanol–water partition coefficient (Wildman–Crippen LogP) is 12.3. The Hall–Kier alpha value is -3.95. The Balaban J connectivity index is 0.00000464. The zero-order valence-corrected chi connectivity index (χ0v) is 34.8. The first kappa shape index (κ1) is 37.8. The Labute approximate surface area is 324 Å². The molecule has 0 fully saturated rings. The van der Waals surface area contributed by atoms with Crippen molar-refractivity contribution < 1.29 is 25.8 Å². The molecule has 1 unspecified atom stereocenters. The van der Waals surface area contributed by atoms with Crippen molar-refractivity contribution in [3.05, 3.63) is 119 Å². The van der Waals surface area contributed by atoms with Gasteiger partial charge in [0.25, 0.3) is 0 Å². The molecule has 0 aliphatic heterocycles. The number of hydrogen-bond donors (Lipinski definition) is 0. The van der Waals surface area contributed by atoms with Gasteiger partial charge in [-0.15, -0.1) is 41.3 Å². The Morgan fingerprint density at radius 3 is 2.31 bits per heavy atom. The molecule has 7 rings (SSSR count). The van der Waals surface area contributed by atoms with Crippen molar-refractivity contribution >= 4 is 21.8 Å². The van der Waals surface area contributed by atoms with Gasteiger partial charge in [0.1, 0.15) is 5.82 Å². The van der Waals surface area contributed by atoms with E-state index < -0.39 is 0 Å². The predicted molar refractivity (Wildman–Crippen MR) is 211 cm³/mol. The van der Waals surface area contributed by atoms with Crippen molar-refractivity contribution in [3.8, 4) is 23.0 Å². The minimum atomic E-state index is -0.120. The quantitative estimate of drug-likeness (QED) is 0.119. The van der Waals surface area contributed by atoms with Crippen LogP contribution in [0, 0.1) is 30.9 Å². The van der Waals surface area contributed by atoms with Gasteiger partial charge in [-0.2, -0.15) is 11.2 Å². The largest absolute Gasteiger partial charge is 2.00 e. The molecular formula is C46H52N4OPt. The van der Waals surface area contributed by atoms with Crippen molar-refractivity contribution in [2.75, 3.05) is 0 Å². The average molecular weight is 872 g/mol. The molecule has 3 aromatic heterocycles. The number of rotatable bonds is 7. The monoisotopic (exact) mass is 871 g/mol. The Bertz CT molecular complexity index is 2280. The van der Waals surface area contributed by atoms with E-state index in [0.717, 1.165) is 44.6 Å². The fourth-order valence-corrected chi connectivity index (χ4v) is 8.32. The van der Waals surface area contributed by atoms with E-state index in [4.69, 9.17) is 14.8 Å². The number of allylic oxidation sites excluding steroid dienone is 2. The number of para-hydroxylation sites is 1. The summed E-state index contributed by atoms with van der Waals surface area (Å²) in [6.07, 6.45) is 5.56. The first-order chi connectivity index (χ1) is 24.2. The summed E-state index contributed by atoms with van der Waals surface area (Å²) in [4.78, 5) is 4.82. The molecule has 6 aromatic rings. The molecule has 0 N–H and O–H groups in total. The maximum Gasteiger partial charge on any atom is 2.00 e. The number of fused-ring (bicyclic) bond motifs is 3. The topological polar surface area (TPSA) is 44.9 Å². The van der Waals surface area contributed by atoms with Crippen LogP contribution in [-0.2, 0) is 26.5 Å². The fraction of sp³-hybridized carbons (Fsp3) is 0.391. The van der Waals surface area contributed by atoms with E-state index in [1.165, 1.54) is 28.8 Å². The van der Waals surface area contributed by atoms with Gasteiger partial charge in [0, 0.05) is 40.4 Å². The van der Waals surface area contributed by atoms with Crippen LogP contribution in [0.25, 0.3) is 33.3 Å². The number of nitrogens with zero attached hydrogens (tertiary/aromatic N) is 4. The van der Waals surface area contributed by atoms with Crippen molar-refractivity contribution in [2.24, 2.45) is 11.8 Å². The van der Waals surface area contributed by atoms with Crippen LogP contribution in [-0.4, -0.2) is 19.3 Å². The van der Waals surface area contributed by atoms with Gasteiger partial charge in [0.15, 0.2) is 0 Å². The van der Waals surface area contributed by atoms with Crippen molar-refractivity contribution in [2.45, 2.75) is 106 Å². The van der Waals surface area contributed by atoms with Crippen LogP contribution in [0.2, 0.25) is 0 Å². The summed E-state index contributed by atoms with van der Waals surface area (Å²) in [7, 11) is 0. The molecule has 0 bridgehead atoms. The van der Waals surface area contributed by atoms with E-state index in [0.29, 0.717) is 35.2 Å². The summed E-state index contributed by atoms with van der Waals surface area (Å²) in [6, 6.07) is 28.6. The summed E-state index contributed by atoms with van der Waals surface area (Å²) >= 11 is 0. The minimum Gasteiger partial charge on any atom is -0.509 e. The van der Waals surface area contributed by atoms with E-state index in [2.05, 4.69) is 158 Å². The Morgan fingerprint density at radius 2 is 1.62 bits per heavy atom. The van der Waals surface area contributed by atoms with Gasteiger partial charge in [0.05, 0.1) is 5.69 Å². The number of aromatic nitrogens is 4. The molecule has 1 aliphatic rings. The van der Waals surface area contributed by atoms with Crippen molar-refractivity contribution in [1.29, 1.82) is 0 Å². The maximum atomic E-state index is 6.74. The standard InChI is InChI=1S/C46H52N4O.Pt/c1-27(2)33-18-19-47-42(22-33)49-40-15-13-12-14-38(40)39-17-16-36(26-41(39)49)51-37-24-34(46(9,10)11)23-35(25-37)50-45(28(3)4)44(32(8)48-50)43-30(6)20-29(5)21-31(43)7;/h12-20,22-24,27-29,31,43H,21H2,1-11H3;/q-2;+2/t29-,31-,43?;/m0./s1. The molecule has 6 heteroatoms. The Morgan fingerprint density at radius 1 is 0.865 bits per heavy atom. The summed E-state index contributed by atoms with van der Waals surface area (Å²) in [5, 5.41) is 7.52. The summed E-state index contributed by atoms with van der Waals surface area (Å²) in [5.74, 6) is 4.33. The SMILES string of the molecule is CC1=C[C@H](C)C[C@H](C)C1c1c(C)nn(-c2[c-]c(Oc3[c-]c4c(cc3)c3ccccc3n4-c3cc(C(C)C)ccn3)cc(C(C)(C)C)c2)c1C(C)C.[Pt+2]. The van der Waals surface area contributed by atoms with Crippen molar-refractivity contribution in [1.82, 2.24) is 19.3 Å². The average Bonchev–Trinajstić information content (AvgIpc) is 3.58. The molecule has 0 spiro atoms. The van der Waals surface area contributed by atoms with Crippen LogP contribution in [0.4, 0.5) is 0 Å². The molecule has 272 valence electrons. The number of hydrogen-bond acceptors (Lipinski definition) is 3. The minimum absolute atomic E-state index is 0. The van der Waals surface area contributed by atoms with Crippen LogP contribution in [0.3, 0.4) is 0 Å². The number of pyridine rings is 1. The summed E-state index contributed by atoms with van der Waals surface area (Å²) < 4.78 is 11.1. The molecular weight excluding hydrogens is 820 g/mol. The molecule has 0 saturated heterocycles. The third-order valence-electron chi connectivity index (χ3n) is 10.7. The number of ether oxygens (including phenoxy) is 1. The molecule has 0 amide bonds. The molecule has 0 saturated carbocycles. The van der Waals surface area contributed by atoms with E-state index in [-0.39, 0.29) is 32.4 Å². The molecule has 3 heterocycles. The number of benzene rings is 3. The molecule has 3 aromatic carbocycles. The van der Waals surface area contributed by atoms with Crippen LogP contribution in [0.1, 0.15) is 121 Å². The normalized spacial score (nSPS) is 17.9. The van der Waals surface area contributed by atoms with Crippen LogP contribution in [0.15, 0.2) is 78.5 Å². The van der Waals surface area contributed by atoms with Gasteiger partial charge in [-0.1, -0.05) is 97.7 Å². The van der Waals surface area contributed by atoms with E-state index in [1.54, 1.807) is 0 Å². The molecule has 1 aliphatic carbocycles. The second-order valence-corrected chi connectivity index (χ2v) is 16.5. The first-order valence-corrected chi connectivity index (χ1v) is 18.7. The van der Waals surface area contributed by atoms with Crippen LogP contribution >= 0.6 is 0 Å². The van der Waals surface area contributed by atoms with Gasteiger partial charge < -0.3 is 9.30 Å². The van der Waals surface area contributed by atoms with Gasteiger partial charge >= 0.3 is 21.1 Å². The van der Waals surface area contributed by atoms with Gasteiger partial charge in [-0.3, -0.25) is 4.68 Å². The van der Waals surface area contributed by atoms with Crippen LogP contribution in [0.5, 0.6) is 11.5 Å². The van der Waals surface area contributed by atoms with Gasteiger partial charge in [-0.25, -0.2) is 4.98 Å². The molecule has 0 radical (unpaired) electrons. The molecule has 52 heavy (non-hydrogen) atoms. The van der Waals surface area contributed by atoms with E-state index >= 15 is 0 Å². The third kappa shape index (κ3) is 6.94. The van der Waals surface area contributed by atoms with E-state index in [1.807, 2.05) is 12.3 Å². The first-order valence-electron chi connectivity index (χ1n) is 18.7. The van der Waals surface area contributed by atoms with Crippen LogP contribution < -0.4 is 4.74 Å². The summed E-state index contributed by atoms with van der Waals surface area (Å²) in [6.45, 7) is 24.9. The van der Waals surface area contributed by atoms with Gasteiger partial charge in [0.2, 0.25) is 0 Å². The van der Waals surface area contributed by atoms with E-state index in [9.17, 15) is 0 Å². The van der Waals surface area contributed by atoms with Gasteiger partial charge in [-0.05, 0) is 84.2 Å². The smallest absolute Gasteiger partial charge is 0.509 e. The zero-order valence-electron chi connectivity index (χ0n) is 32.5. The molecule has 3 atom stereocenters. The number of aryl methyl sites for hydroxylation is 1. The fourth-order valence-electron chi connectivity index (χ4n) is 8.32. The third-order valence-corrected chi connectivity index (χ3v) is 10.7. The molecule has 5 nitrogen and oxygen atoms in total. The Kier molecular flexibility index (Phi) is 10.5. The summed E-state index contributed by atoms with van der Waals surface area (Å²) in [5.41, 5.74) is 10.4. The maximum absolute atomic E-state index is 6.74. The second-order valence-electron chi connectivity index (χ2n) is 16.5.